The van der Waals surface area contributed by atoms with Gasteiger partial charge in [-0.15, -0.1) is 11.3 Å². The van der Waals surface area contributed by atoms with Gasteiger partial charge >= 0.3 is 0 Å². The highest BCUT2D eigenvalue weighted by Crippen LogP contribution is 2.44. The number of benzene rings is 1. The third-order valence-electron chi connectivity index (χ3n) is 6.00. The first kappa shape index (κ1) is 22.2. The molecule has 1 spiro atoms. The molecule has 1 aliphatic carbocycles. The lowest BCUT2D eigenvalue weighted by atomic mass is 9.87. The van der Waals surface area contributed by atoms with Crippen LogP contribution < -0.4 is 11.1 Å². The van der Waals surface area contributed by atoms with E-state index in [4.69, 9.17) is 17.3 Å². The second-order valence-corrected chi connectivity index (χ2v) is 11.8. The standard InChI is InChI=1S/C21H23ClFN3O3S2/c22-15-10-17(19(27)25-11-13-4-6-14(23)7-5-13)30-18(15)16-12-31(28,29)21(20(24)26-16)8-2-1-3-9-21/h4-7,10,16H,1-3,8-9,11-12H2,(H2,24,26)(H,25,27)/t16-/m0/s1. The van der Waals surface area contributed by atoms with Crippen molar-refractivity contribution >= 4 is 44.5 Å². The Hall–Kier alpha value is -1.97. The lowest BCUT2D eigenvalue weighted by molar-refractivity contribution is 0.0955. The minimum absolute atomic E-state index is 0.162. The fraction of sp³-hybridized carbons (Fsp3) is 0.429. The van der Waals surface area contributed by atoms with Crippen LogP contribution >= 0.6 is 22.9 Å². The van der Waals surface area contributed by atoms with Crippen LogP contribution in [-0.2, 0) is 16.4 Å². The number of nitrogens with zero attached hydrogens (tertiary/aromatic N) is 1. The molecule has 6 nitrogen and oxygen atoms in total. The summed E-state index contributed by atoms with van der Waals surface area (Å²) in [5, 5.41) is 3.06. The number of amides is 1. The Balaban J connectivity index is 1.53. The van der Waals surface area contributed by atoms with E-state index in [-0.39, 0.29) is 29.9 Å². The highest BCUT2D eigenvalue weighted by Gasteiger charge is 2.51. The molecular formula is C21H23ClFN3O3S2. The van der Waals surface area contributed by atoms with Gasteiger partial charge in [0.05, 0.1) is 15.7 Å². The number of hydrogen-bond donors (Lipinski definition) is 2. The van der Waals surface area contributed by atoms with Crippen molar-refractivity contribution in [2.45, 2.75) is 49.4 Å². The summed E-state index contributed by atoms with van der Waals surface area (Å²) in [6, 6.07) is 6.64. The molecule has 1 atom stereocenters. The van der Waals surface area contributed by atoms with Gasteiger partial charge in [0.25, 0.3) is 5.91 Å². The van der Waals surface area contributed by atoms with Crippen LogP contribution in [0.2, 0.25) is 5.02 Å². The average molecular weight is 484 g/mol. The molecule has 1 saturated carbocycles. The number of carbonyl (C=O) groups excluding carboxylic acids is 1. The highest BCUT2D eigenvalue weighted by molar-refractivity contribution is 7.93. The number of nitrogens with two attached hydrogens (primary N) is 1. The van der Waals surface area contributed by atoms with Crippen molar-refractivity contribution in [3.05, 3.63) is 56.5 Å². The van der Waals surface area contributed by atoms with Crippen molar-refractivity contribution in [3.8, 4) is 0 Å². The Morgan fingerprint density at radius 1 is 1.26 bits per heavy atom. The Kier molecular flexibility index (Phi) is 6.11. The first-order valence-electron chi connectivity index (χ1n) is 10.1. The van der Waals surface area contributed by atoms with Gasteiger partial charge < -0.3 is 11.1 Å². The molecule has 10 heteroatoms. The zero-order chi connectivity index (χ0) is 22.2. The van der Waals surface area contributed by atoms with E-state index < -0.39 is 20.6 Å². The van der Waals surface area contributed by atoms with E-state index in [9.17, 15) is 17.6 Å². The summed E-state index contributed by atoms with van der Waals surface area (Å²) in [6.07, 6.45) is 3.65. The van der Waals surface area contributed by atoms with Gasteiger partial charge in [0.1, 0.15) is 22.4 Å². The lowest BCUT2D eigenvalue weighted by Crippen LogP contribution is -2.55. The summed E-state index contributed by atoms with van der Waals surface area (Å²) in [7, 11) is -3.51. The number of nitrogens with one attached hydrogen (secondary N) is 1. The van der Waals surface area contributed by atoms with Crippen molar-refractivity contribution in [2.24, 2.45) is 10.7 Å². The molecule has 1 aromatic carbocycles. The molecule has 2 aromatic rings. The fourth-order valence-electron chi connectivity index (χ4n) is 4.27. The molecule has 3 N–H and O–H groups in total. The van der Waals surface area contributed by atoms with E-state index in [1.54, 1.807) is 12.1 Å². The summed E-state index contributed by atoms with van der Waals surface area (Å²) < 4.78 is 38.3. The number of sulfone groups is 1. The van der Waals surface area contributed by atoms with Crippen molar-refractivity contribution in [2.75, 3.05) is 5.75 Å². The maximum atomic E-state index is 13.2. The minimum atomic E-state index is -3.51. The number of amidine groups is 1. The fourth-order valence-corrected chi connectivity index (χ4v) is 8.05. The van der Waals surface area contributed by atoms with Crippen LogP contribution in [0.4, 0.5) is 4.39 Å². The molecule has 166 valence electrons. The molecule has 4 rings (SSSR count). The van der Waals surface area contributed by atoms with Gasteiger partial charge in [0, 0.05) is 11.4 Å². The number of thiophene rings is 1. The second-order valence-electron chi connectivity index (χ2n) is 8.00. The zero-order valence-electron chi connectivity index (χ0n) is 16.7. The zero-order valence-corrected chi connectivity index (χ0v) is 19.1. The van der Waals surface area contributed by atoms with Gasteiger partial charge in [-0.05, 0) is 36.6 Å². The van der Waals surface area contributed by atoms with E-state index in [1.807, 2.05) is 0 Å². The van der Waals surface area contributed by atoms with Crippen molar-refractivity contribution in [3.63, 3.8) is 0 Å². The predicted molar refractivity (Wildman–Crippen MR) is 121 cm³/mol. The first-order valence-corrected chi connectivity index (χ1v) is 12.9. The molecular weight excluding hydrogens is 461 g/mol. The van der Waals surface area contributed by atoms with E-state index in [0.717, 1.165) is 36.2 Å². The molecule has 0 radical (unpaired) electrons. The summed E-state index contributed by atoms with van der Waals surface area (Å²) in [4.78, 5) is 18.0. The quantitative estimate of drug-likeness (QED) is 0.686. The van der Waals surface area contributed by atoms with Gasteiger partial charge in [-0.25, -0.2) is 12.8 Å². The summed E-state index contributed by atoms with van der Waals surface area (Å²) >= 11 is 7.48. The molecule has 2 heterocycles. The molecule has 31 heavy (non-hydrogen) atoms. The van der Waals surface area contributed by atoms with Crippen molar-refractivity contribution in [1.29, 1.82) is 0 Å². The van der Waals surface area contributed by atoms with Gasteiger partial charge in [-0.1, -0.05) is 43.0 Å². The third-order valence-corrected chi connectivity index (χ3v) is 10.2. The molecule has 0 bridgehead atoms. The van der Waals surface area contributed by atoms with Crippen LogP contribution in [0.1, 0.15) is 58.3 Å². The van der Waals surface area contributed by atoms with Crippen LogP contribution in [0.5, 0.6) is 0 Å². The Labute approximate surface area is 189 Å². The molecule has 1 aliphatic heterocycles. The van der Waals surface area contributed by atoms with Crippen LogP contribution in [0.25, 0.3) is 0 Å². The second kappa shape index (κ2) is 8.52. The van der Waals surface area contributed by atoms with Crippen LogP contribution in [0.3, 0.4) is 0 Å². The molecule has 1 amide bonds. The van der Waals surface area contributed by atoms with Crippen LogP contribution in [0.15, 0.2) is 35.3 Å². The Morgan fingerprint density at radius 3 is 2.58 bits per heavy atom. The molecule has 0 unspecified atom stereocenters. The van der Waals surface area contributed by atoms with Gasteiger partial charge in [-0.3, -0.25) is 9.79 Å². The van der Waals surface area contributed by atoms with Gasteiger partial charge in [0.2, 0.25) is 0 Å². The SMILES string of the molecule is NC1=N[C@H](c2sc(C(=O)NCc3ccc(F)cc3)cc2Cl)CS(=O)(=O)C12CCCCC2. The molecule has 1 fully saturated rings. The molecule has 0 saturated heterocycles. The number of aliphatic imine (C=N–C) groups is 1. The summed E-state index contributed by atoms with van der Waals surface area (Å²) in [5.74, 6) is -0.691. The molecule has 2 aliphatic rings. The van der Waals surface area contributed by atoms with Gasteiger partial charge in [0.15, 0.2) is 9.84 Å². The Morgan fingerprint density at radius 2 is 1.94 bits per heavy atom. The normalized spacial score (nSPS) is 22.1. The maximum Gasteiger partial charge on any atom is 0.261 e. The lowest BCUT2D eigenvalue weighted by Gasteiger charge is -2.40. The topological polar surface area (TPSA) is 102 Å². The van der Waals surface area contributed by atoms with E-state index >= 15 is 0 Å². The number of rotatable bonds is 4. The van der Waals surface area contributed by atoms with E-state index in [1.165, 1.54) is 18.2 Å². The van der Waals surface area contributed by atoms with E-state index in [0.29, 0.717) is 27.6 Å². The largest absolute Gasteiger partial charge is 0.386 e. The molecule has 1 aromatic heterocycles. The van der Waals surface area contributed by atoms with E-state index in [2.05, 4.69) is 10.3 Å². The van der Waals surface area contributed by atoms with Crippen molar-refractivity contribution < 1.29 is 17.6 Å². The monoisotopic (exact) mass is 483 g/mol. The predicted octanol–water partition coefficient (Wildman–Crippen LogP) is 4.00. The summed E-state index contributed by atoms with van der Waals surface area (Å²) in [5.41, 5.74) is 6.97. The highest BCUT2D eigenvalue weighted by atomic mass is 35.5. The third kappa shape index (κ3) is 4.23. The number of hydrogen-bond acceptors (Lipinski definition) is 6. The van der Waals surface area contributed by atoms with Gasteiger partial charge in [-0.2, -0.15) is 0 Å². The van der Waals surface area contributed by atoms with Crippen LogP contribution in [-0.4, -0.2) is 30.7 Å². The number of carbonyl (C=O) groups is 1. The Bertz CT molecular complexity index is 1120. The average Bonchev–Trinajstić information content (AvgIpc) is 3.14. The smallest absolute Gasteiger partial charge is 0.261 e. The van der Waals surface area contributed by atoms with Crippen LogP contribution in [0, 0.1) is 5.82 Å². The van der Waals surface area contributed by atoms with Crippen molar-refractivity contribution in [1.82, 2.24) is 5.32 Å². The first-order chi connectivity index (χ1) is 14.7. The number of halogens is 2. The minimum Gasteiger partial charge on any atom is -0.386 e. The summed E-state index contributed by atoms with van der Waals surface area (Å²) in [6.45, 7) is 0.232. The maximum absolute atomic E-state index is 13.2.